The zero-order valence-corrected chi connectivity index (χ0v) is 15.7. The van der Waals surface area contributed by atoms with Crippen LogP contribution in [0.1, 0.15) is 38.3 Å². The van der Waals surface area contributed by atoms with Crippen LogP contribution in [-0.4, -0.2) is 49.1 Å². The van der Waals surface area contributed by atoms with Crippen molar-refractivity contribution in [3.05, 3.63) is 35.9 Å². The lowest BCUT2D eigenvalue weighted by atomic mass is 9.94. The number of carboxylic acid groups (broad SMARTS) is 1. The van der Waals surface area contributed by atoms with Crippen molar-refractivity contribution in [2.24, 2.45) is 5.92 Å². The van der Waals surface area contributed by atoms with Crippen LogP contribution in [0.4, 0.5) is 0 Å². The molecule has 0 radical (unpaired) electrons. The Morgan fingerprint density at radius 1 is 1.15 bits per heavy atom. The van der Waals surface area contributed by atoms with Crippen molar-refractivity contribution in [3.8, 4) is 0 Å². The molecule has 1 amide bonds. The van der Waals surface area contributed by atoms with E-state index in [1.165, 1.54) is 13.8 Å². The SMILES string of the molecule is CC(C(=O)O)C(NC(=O)C(C)S(=O)(=O)C1CCOCC1)c1ccccc1. The highest BCUT2D eigenvalue weighted by Crippen LogP contribution is 2.24. The Morgan fingerprint density at radius 3 is 2.27 bits per heavy atom. The van der Waals surface area contributed by atoms with Gasteiger partial charge in [-0.2, -0.15) is 0 Å². The topological polar surface area (TPSA) is 110 Å². The van der Waals surface area contributed by atoms with Gasteiger partial charge in [-0.1, -0.05) is 30.3 Å². The van der Waals surface area contributed by atoms with Gasteiger partial charge < -0.3 is 15.2 Å². The molecular formula is C18H25NO6S. The van der Waals surface area contributed by atoms with Gasteiger partial charge >= 0.3 is 5.97 Å². The van der Waals surface area contributed by atoms with Gasteiger partial charge in [-0.15, -0.1) is 0 Å². The van der Waals surface area contributed by atoms with Crippen LogP contribution < -0.4 is 5.32 Å². The Balaban J connectivity index is 2.19. The molecule has 0 aromatic heterocycles. The number of hydrogen-bond acceptors (Lipinski definition) is 5. The van der Waals surface area contributed by atoms with Gasteiger partial charge in [-0.3, -0.25) is 9.59 Å². The normalized spacial score (nSPS) is 19.3. The second kappa shape index (κ2) is 8.64. The molecule has 8 heteroatoms. The fourth-order valence-electron chi connectivity index (χ4n) is 3.01. The number of rotatable bonds is 7. The number of benzene rings is 1. The van der Waals surface area contributed by atoms with Gasteiger partial charge in [-0.25, -0.2) is 8.42 Å². The summed E-state index contributed by atoms with van der Waals surface area (Å²) in [4.78, 5) is 24.1. The molecule has 1 aromatic rings. The van der Waals surface area contributed by atoms with Crippen molar-refractivity contribution in [1.82, 2.24) is 5.32 Å². The Labute approximate surface area is 153 Å². The number of carbonyl (C=O) groups is 2. The van der Waals surface area contributed by atoms with Crippen LogP contribution in [0.25, 0.3) is 0 Å². The van der Waals surface area contributed by atoms with E-state index in [9.17, 15) is 23.1 Å². The smallest absolute Gasteiger partial charge is 0.308 e. The van der Waals surface area contributed by atoms with E-state index in [4.69, 9.17) is 4.74 Å². The molecule has 3 atom stereocenters. The van der Waals surface area contributed by atoms with Crippen molar-refractivity contribution < 1.29 is 27.9 Å². The summed E-state index contributed by atoms with van der Waals surface area (Å²) in [5, 5.41) is 10.1. The van der Waals surface area contributed by atoms with Gasteiger partial charge in [0.2, 0.25) is 5.91 Å². The van der Waals surface area contributed by atoms with E-state index in [2.05, 4.69) is 5.32 Å². The maximum atomic E-state index is 12.7. The average molecular weight is 383 g/mol. The minimum atomic E-state index is -3.67. The van der Waals surface area contributed by atoms with Gasteiger partial charge in [0.15, 0.2) is 9.84 Å². The molecule has 0 spiro atoms. The molecule has 7 nitrogen and oxygen atoms in total. The van der Waals surface area contributed by atoms with Crippen molar-refractivity contribution in [2.45, 2.75) is 43.2 Å². The summed E-state index contributed by atoms with van der Waals surface area (Å²) in [6.45, 7) is 3.56. The minimum absolute atomic E-state index is 0.362. The number of sulfone groups is 1. The molecule has 2 N–H and O–H groups in total. The summed E-state index contributed by atoms with van der Waals surface area (Å²) in [7, 11) is -3.67. The monoisotopic (exact) mass is 383 g/mol. The van der Waals surface area contributed by atoms with E-state index < -0.39 is 44.2 Å². The summed E-state index contributed by atoms with van der Waals surface area (Å²) in [6, 6.07) is 7.88. The first kappa shape index (κ1) is 20.4. The third-order valence-electron chi connectivity index (χ3n) is 4.84. The fraction of sp³-hybridized carbons (Fsp3) is 0.556. The molecule has 1 fully saturated rings. The highest BCUT2D eigenvalue weighted by molar-refractivity contribution is 7.93. The maximum Gasteiger partial charge on any atom is 0.308 e. The Kier molecular flexibility index (Phi) is 6.77. The lowest BCUT2D eigenvalue weighted by Crippen LogP contribution is -2.46. The summed E-state index contributed by atoms with van der Waals surface area (Å²) in [6.07, 6.45) is 0.737. The molecule has 0 saturated carbocycles. The lowest BCUT2D eigenvalue weighted by Gasteiger charge is -2.28. The standard InChI is InChI=1S/C18H25NO6S/c1-12(18(21)22)16(14-6-4-3-5-7-14)19-17(20)13(2)26(23,24)15-8-10-25-11-9-15/h3-7,12-13,15-16H,8-11H2,1-2H3,(H,19,20)(H,21,22). The third kappa shape index (κ3) is 4.62. The molecule has 144 valence electrons. The molecular weight excluding hydrogens is 358 g/mol. The highest BCUT2D eigenvalue weighted by Gasteiger charge is 2.38. The van der Waals surface area contributed by atoms with E-state index in [0.29, 0.717) is 31.6 Å². The van der Waals surface area contributed by atoms with Crippen LogP contribution in [-0.2, 0) is 24.2 Å². The van der Waals surface area contributed by atoms with E-state index >= 15 is 0 Å². The number of carbonyl (C=O) groups excluding carboxylic acids is 1. The van der Waals surface area contributed by atoms with Gasteiger partial charge in [-0.05, 0) is 32.3 Å². The average Bonchev–Trinajstić information content (AvgIpc) is 2.66. The van der Waals surface area contributed by atoms with E-state index in [0.717, 1.165) is 0 Å². The minimum Gasteiger partial charge on any atom is -0.481 e. The van der Waals surface area contributed by atoms with Crippen LogP contribution >= 0.6 is 0 Å². The molecule has 1 aliphatic heterocycles. The second-order valence-electron chi connectivity index (χ2n) is 6.57. The first-order valence-corrected chi connectivity index (χ1v) is 10.2. The molecule has 0 bridgehead atoms. The van der Waals surface area contributed by atoms with Gasteiger partial charge in [0.1, 0.15) is 5.25 Å². The predicted molar refractivity (Wildman–Crippen MR) is 96.3 cm³/mol. The third-order valence-corrected chi connectivity index (χ3v) is 7.44. The molecule has 1 aromatic carbocycles. The van der Waals surface area contributed by atoms with Crippen LogP contribution in [0.15, 0.2) is 30.3 Å². The summed E-state index contributed by atoms with van der Waals surface area (Å²) in [5.41, 5.74) is 0.617. The van der Waals surface area contributed by atoms with Crippen molar-refractivity contribution in [2.75, 3.05) is 13.2 Å². The van der Waals surface area contributed by atoms with Crippen molar-refractivity contribution in [3.63, 3.8) is 0 Å². The number of nitrogens with one attached hydrogen (secondary N) is 1. The lowest BCUT2D eigenvalue weighted by molar-refractivity contribution is -0.142. The van der Waals surface area contributed by atoms with E-state index in [1.807, 2.05) is 0 Å². The van der Waals surface area contributed by atoms with Gasteiger partial charge in [0.05, 0.1) is 17.2 Å². The zero-order valence-electron chi connectivity index (χ0n) is 14.9. The molecule has 26 heavy (non-hydrogen) atoms. The highest BCUT2D eigenvalue weighted by atomic mass is 32.2. The van der Waals surface area contributed by atoms with Crippen LogP contribution in [0, 0.1) is 5.92 Å². The number of aliphatic carboxylic acids is 1. The molecule has 1 saturated heterocycles. The predicted octanol–water partition coefficient (Wildman–Crippen LogP) is 1.55. The number of hydrogen-bond donors (Lipinski definition) is 2. The summed E-state index contributed by atoms with van der Waals surface area (Å²) >= 11 is 0. The Bertz CT molecular complexity index is 727. The number of ether oxygens (including phenoxy) is 1. The Morgan fingerprint density at radius 2 is 1.73 bits per heavy atom. The van der Waals surface area contributed by atoms with E-state index in [1.54, 1.807) is 30.3 Å². The quantitative estimate of drug-likeness (QED) is 0.739. The number of carboxylic acids is 1. The molecule has 1 aliphatic rings. The van der Waals surface area contributed by atoms with Gasteiger partial charge in [0.25, 0.3) is 0 Å². The van der Waals surface area contributed by atoms with Crippen LogP contribution in [0.3, 0.4) is 0 Å². The van der Waals surface area contributed by atoms with Gasteiger partial charge in [0, 0.05) is 13.2 Å². The first-order valence-electron chi connectivity index (χ1n) is 8.63. The van der Waals surface area contributed by atoms with Crippen LogP contribution in [0.5, 0.6) is 0 Å². The molecule has 2 rings (SSSR count). The molecule has 3 unspecified atom stereocenters. The fourth-order valence-corrected chi connectivity index (χ4v) is 4.81. The zero-order chi connectivity index (χ0) is 19.3. The largest absolute Gasteiger partial charge is 0.481 e. The van der Waals surface area contributed by atoms with Crippen molar-refractivity contribution in [1.29, 1.82) is 0 Å². The molecule has 1 heterocycles. The Hall–Kier alpha value is -1.93. The van der Waals surface area contributed by atoms with E-state index in [-0.39, 0.29) is 0 Å². The summed E-state index contributed by atoms with van der Waals surface area (Å²) < 4.78 is 30.6. The van der Waals surface area contributed by atoms with Crippen molar-refractivity contribution >= 4 is 21.7 Å². The first-order chi connectivity index (χ1) is 12.2. The molecule has 0 aliphatic carbocycles. The number of amides is 1. The summed E-state index contributed by atoms with van der Waals surface area (Å²) in [5.74, 6) is -2.66. The van der Waals surface area contributed by atoms with Crippen LogP contribution in [0.2, 0.25) is 0 Å². The maximum absolute atomic E-state index is 12.7. The second-order valence-corrected chi connectivity index (χ2v) is 9.12.